The summed E-state index contributed by atoms with van der Waals surface area (Å²) in [6.45, 7) is 0. The summed E-state index contributed by atoms with van der Waals surface area (Å²) >= 11 is 1.17. The van der Waals surface area contributed by atoms with Gasteiger partial charge >= 0.3 is 4.87 Å². The monoisotopic (exact) mass is 129 g/mol. The van der Waals surface area contributed by atoms with Crippen LogP contribution in [0.15, 0.2) is 16.4 Å². The molecule has 0 aliphatic heterocycles. The lowest BCUT2D eigenvalue weighted by Gasteiger charge is -1.49. The Kier molecular flexibility index (Phi) is 3.44. The minimum absolute atomic E-state index is 0.00926. The average molecular weight is 129 g/mol. The molecule has 1 heterocycles. The Morgan fingerprint density at radius 3 is 2.38 bits per heavy atom. The zero-order valence-electron chi connectivity index (χ0n) is 3.87. The molecule has 0 saturated carbocycles. The van der Waals surface area contributed by atoms with Gasteiger partial charge in [0, 0.05) is 22.4 Å². The third kappa shape index (κ3) is 2.10. The summed E-state index contributed by atoms with van der Waals surface area (Å²) in [5.74, 6) is 0. The van der Waals surface area contributed by atoms with Crippen LogP contribution in [0.3, 0.4) is 0 Å². The Labute approximate surface area is 49.2 Å². The Balaban J connectivity index is 0.000000222. The molecule has 0 aromatic carbocycles. The minimum Gasteiger partial charge on any atom is -0.319 e. The van der Waals surface area contributed by atoms with E-state index in [-0.39, 0.29) is 4.87 Å². The molecule has 8 heavy (non-hydrogen) atoms. The molecule has 1 aromatic heterocycles. The van der Waals surface area contributed by atoms with E-state index in [1.807, 2.05) is 0 Å². The van der Waals surface area contributed by atoms with Crippen LogP contribution < -0.4 is 4.87 Å². The molecule has 0 bridgehead atoms. The van der Waals surface area contributed by atoms with Crippen molar-refractivity contribution in [2.24, 2.45) is 0 Å². The lowest BCUT2D eigenvalue weighted by Crippen LogP contribution is -1.87. The lowest BCUT2D eigenvalue weighted by molar-refractivity contribution is 1.15. The summed E-state index contributed by atoms with van der Waals surface area (Å²) in [5, 5.41) is 13.7. The van der Waals surface area contributed by atoms with Crippen LogP contribution in [-0.2, 0) is 0 Å². The molecule has 0 atom stereocenters. The molecular weight excluding hydrogens is 126 g/mol. The predicted octanol–water partition coefficient (Wildman–Crippen LogP) is 0.467. The first-order valence-electron chi connectivity index (χ1n) is 1.72. The van der Waals surface area contributed by atoms with Gasteiger partial charge in [0.15, 0.2) is 0 Å². The normalized spacial score (nSPS) is 6.75. The van der Waals surface area contributed by atoms with E-state index >= 15 is 0 Å². The summed E-state index contributed by atoms with van der Waals surface area (Å²) in [6.07, 6.45) is 1.62. The van der Waals surface area contributed by atoms with Gasteiger partial charge < -0.3 is 4.98 Å². The SMILES string of the molecule is N#N.O=c1[nH]ccs1. The van der Waals surface area contributed by atoms with Gasteiger partial charge in [-0.05, 0) is 0 Å². The molecule has 0 aliphatic carbocycles. The number of thiazole rings is 1. The van der Waals surface area contributed by atoms with Gasteiger partial charge in [-0.3, -0.25) is 4.79 Å². The molecule has 1 rings (SSSR count). The van der Waals surface area contributed by atoms with Gasteiger partial charge in [-0.25, -0.2) is 0 Å². The van der Waals surface area contributed by atoms with Crippen LogP contribution in [0.4, 0.5) is 0 Å². The van der Waals surface area contributed by atoms with Gasteiger partial charge in [-0.2, -0.15) is 0 Å². The molecule has 0 fully saturated rings. The molecule has 4 nitrogen and oxygen atoms in total. The van der Waals surface area contributed by atoms with E-state index in [4.69, 9.17) is 10.8 Å². The van der Waals surface area contributed by atoms with E-state index < -0.39 is 0 Å². The van der Waals surface area contributed by atoms with Crippen LogP contribution in [0.25, 0.3) is 0 Å². The van der Waals surface area contributed by atoms with Crippen LogP contribution in [0.2, 0.25) is 0 Å². The van der Waals surface area contributed by atoms with Gasteiger partial charge in [0.25, 0.3) is 0 Å². The number of nitrogens with one attached hydrogen (secondary N) is 1. The van der Waals surface area contributed by atoms with Gasteiger partial charge in [0.2, 0.25) is 0 Å². The summed E-state index contributed by atoms with van der Waals surface area (Å²) in [4.78, 5) is 12.5. The molecule has 1 aromatic rings. The standard InChI is InChI=1S/C3H3NOS.N2/c5-3-4-1-2-6-3;1-2/h1-2H,(H,4,5);. The highest BCUT2D eigenvalue weighted by Gasteiger charge is 1.72. The highest BCUT2D eigenvalue weighted by atomic mass is 32.1. The van der Waals surface area contributed by atoms with Crippen molar-refractivity contribution in [1.82, 2.24) is 4.98 Å². The van der Waals surface area contributed by atoms with Gasteiger partial charge in [-0.15, -0.1) is 0 Å². The highest BCUT2D eigenvalue weighted by Crippen LogP contribution is 1.76. The van der Waals surface area contributed by atoms with E-state index in [1.165, 1.54) is 11.3 Å². The van der Waals surface area contributed by atoms with Crippen LogP contribution >= 0.6 is 11.3 Å². The number of hydrogen-bond acceptors (Lipinski definition) is 4. The van der Waals surface area contributed by atoms with Crippen LogP contribution in [0, 0.1) is 10.8 Å². The Morgan fingerprint density at radius 1 is 1.62 bits per heavy atom. The second kappa shape index (κ2) is 4.02. The van der Waals surface area contributed by atoms with Crippen molar-refractivity contribution in [1.29, 1.82) is 10.8 Å². The van der Waals surface area contributed by atoms with Crippen LogP contribution in [0.5, 0.6) is 0 Å². The molecule has 42 valence electrons. The largest absolute Gasteiger partial charge is 0.319 e. The second-order valence-electron chi connectivity index (χ2n) is 0.852. The number of hydrogen-bond donors (Lipinski definition) is 1. The topological polar surface area (TPSA) is 80.4 Å². The number of aromatic nitrogens is 1. The van der Waals surface area contributed by atoms with Crippen molar-refractivity contribution < 1.29 is 0 Å². The molecule has 0 aliphatic rings. The zero-order valence-corrected chi connectivity index (χ0v) is 4.68. The fraction of sp³-hybridized carbons (Fsp3) is 0. The molecule has 1 N–H and O–H groups in total. The maximum Gasteiger partial charge on any atom is 0.304 e. The van der Waals surface area contributed by atoms with Gasteiger partial charge in [0.05, 0.1) is 0 Å². The first-order chi connectivity index (χ1) is 3.89. The molecule has 0 amide bonds. The van der Waals surface area contributed by atoms with E-state index in [2.05, 4.69) is 4.98 Å². The summed E-state index contributed by atoms with van der Waals surface area (Å²) in [5.41, 5.74) is 0. The predicted molar refractivity (Wildman–Crippen MR) is 28.4 cm³/mol. The van der Waals surface area contributed by atoms with Crippen LogP contribution in [0.1, 0.15) is 0 Å². The van der Waals surface area contributed by atoms with Crippen molar-refractivity contribution in [3.8, 4) is 0 Å². The number of nitrogens with zero attached hydrogens (tertiary/aromatic N) is 2. The highest BCUT2D eigenvalue weighted by molar-refractivity contribution is 7.07. The molecule has 0 unspecified atom stereocenters. The minimum atomic E-state index is 0.00926. The molecule has 0 radical (unpaired) electrons. The number of rotatable bonds is 0. The van der Waals surface area contributed by atoms with E-state index in [0.29, 0.717) is 0 Å². The Hall–Kier alpha value is -1.15. The van der Waals surface area contributed by atoms with E-state index in [1.54, 1.807) is 11.6 Å². The Bertz CT molecular complexity index is 183. The molecular formula is C3H3N3OS. The Morgan fingerprint density at radius 2 is 2.25 bits per heavy atom. The zero-order chi connectivity index (χ0) is 6.41. The van der Waals surface area contributed by atoms with Crippen molar-refractivity contribution in [3.63, 3.8) is 0 Å². The van der Waals surface area contributed by atoms with Gasteiger partial charge in [-0.1, -0.05) is 11.3 Å². The van der Waals surface area contributed by atoms with Gasteiger partial charge in [0.1, 0.15) is 0 Å². The van der Waals surface area contributed by atoms with Crippen molar-refractivity contribution in [3.05, 3.63) is 21.2 Å². The quantitative estimate of drug-likeness (QED) is 0.517. The first-order valence-corrected chi connectivity index (χ1v) is 2.60. The summed E-state index contributed by atoms with van der Waals surface area (Å²) in [7, 11) is 0. The fourth-order valence-electron chi connectivity index (χ4n) is 0.232. The average Bonchev–Trinajstić information content (AvgIpc) is 2.24. The molecule has 5 heteroatoms. The second-order valence-corrected chi connectivity index (χ2v) is 1.73. The van der Waals surface area contributed by atoms with E-state index in [9.17, 15) is 4.79 Å². The van der Waals surface area contributed by atoms with Crippen LogP contribution in [-0.4, -0.2) is 4.98 Å². The third-order valence-electron chi connectivity index (χ3n) is 0.444. The number of aromatic amines is 1. The lowest BCUT2D eigenvalue weighted by atomic mass is 11.0. The van der Waals surface area contributed by atoms with E-state index in [0.717, 1.165) is 0 Å². The fourth-order valence-corrected chi connectivity index (χ4v) is 0.628. The maximum atomic E-state index is 10.0. The first kappa shape index (κ1) is 6.85. The third-order valence-corrected chi connectivity index (χ3v) is 1.05. The number of H-pyrrole nitrogens is 1. The van der Waals surface area contributed by atoms with Crippen molar-refractivity contribution >= 4 is 11.3 Å². The summed E-state index contributed by atoms with van der Waals surface area (Å²) in [6, 6.07) is 0. The molecule has 0 saturated heterocycles. The van der Waals surface area contributed by atoms with Crippen molar-refractivity contribution in [2.75, 3.05) is 0 Å². The maximum absolute atomic E-state index is 10.0. The molecule has 0 spiro atoms. The summed E-state index contributed by atoms with van der Waals surface area (Å²) < 4.78 is 0. The van der Waals surface area contributed by atoms with Crippen molar-refractivity contribution in [2.45, 2.75) is 0 Å². The smallest absolute Gasteiger partial charge is 0.304 e.